The lowest BCUT2D eigenvalue weighted by Crippen LogP contribution is -2.24. The summed E-state index contributed by atoms with van der Waals surface area (Å²) in [7, 11) is 1.53. The van der Waals surface area contributed by atoms with Crippen LogP contribution < -0.4 is 21.2 Å². The predicted octanol–water partition coefficient (Wildman–Crippen LogP) is 2.29. The number of urea groups is 1. The van der Waals surface area contributed by atoms with Gasteiger partial charge in [0.05, 0.1) is 19.0 Å². The molecule has 0 saturated carbocycles. The number of benzene rings is 2. The van der Waals surface area contributed by atoms with Crippen LogP contribution >= 0.6 is 0 Å². The summed E-state index contributed by atoms with van der Waals surface area (Å²) in [4.78, 5) is 23.3. The van der Waals surface area contributed by atoms with Gasteiger partial charge in [-0.05, 0) is 18.2 Å². The van der Waals surface area contributed by atoms with Gasteiger partial charge in [-0.25, -0.2) is 10.2 Å². The van der Waals surface area contributed by atoms with E-state index < -0.39 is 11.9 Å². The van der Waals surface area contributed by atoms with Gasteiger partial charge in [-0.15, -0.1) is 0 Å². The molecular weight excluding hydrogens is 346 g/mol. The van der Waals surface area contributed by atoms with Crippen molar-refractivity contribution >= 4 is 34.7 Å². The number of carbonyl (C=O) groups is 2. The Morgan fingerprint density at radius 1 is 1.19 bits per heavy atom. The van der Waals surface area contributed by atoms with E-state index in [1.54, 1.807) is 29.0 Å². The zero-order valence-corrected chi connectivity index (χ0v) is 14.7. The van der Waals surface area contributed by atoms with E-state index in [0.29, 0.717) is 11.4 Å². The fourth-order valence-electron chi connectivity index (χ4n) is 2.74. The average Bonchev–Trinajstić information content (AvgIpc) is 2.99. The Morgan fingerprint density at radius 3 is 2.70 bits per heavy atom. The maximum absolute atomic E-state index is 12.0. The number of hydrazone groups is 1. The van der Waals surface area contributed by atoms with Gasteiger partial charge in [-0.2, -0.15) is 5.10 Å². The number of hydrogen-bond donors (Lipinski definition) is 3. The molecule has 3 amide bonds. The molecule has 1 aromatic heterocycles. The summed E-state index contributed by atoms with van der Waals surface area (Å²) in [6.45, 7) is 0.0655. The molecule has 138 valence electrons. The zero-order valence-electron chi connectivity index (χ0n) is 14.7. The zero-order chi connectivity index (χ0) is 19.2. The van der Waals surface area contributed by atoms with Crippen LogP contribution in [-0.2, 0) is 11.3 Å². The minimum atomic E-state index is -0.503. The summed E-state index contributed by atoms with van der Waals surface area (Å²) in [5.41, 5.74) is 9.85. The Hall–Kier alpha value is -3.81. The van der Waals surface area contributed by atoms with Crippen LogP contribution in [0, 0.1) is 0 Å². The minimum absolute atomic E-state index is 0.0655. The molecule has 0 spiro atoms. The monoisotopic (exact) mass is 365 g/mol. The Balaban J connectivity index is 1.73. The van der Waals surface area contributed by atoms with Crippen LogP contribution in [0.1, 0.15) is 5.56 Å². The molecule has 2 aromatic carbocycles. The van der Waals surface area contributed by atoms with Gasteiger partial charge in [0.2, 0.25) is 5.91 Å². The van der Waals surface area contributed by atoms with Crippen LogP contribution in [0.2, 0.25) is 0 Å². The number of amides is 3. The molecule has 3 aromatic rings. The Bertz CT molecular complexity index is 1010. The first-order valence-electron chi connectivity index (χ1n) is 8.17. The third-order valence-corrected chi connectivity index (χ3v) is 3.87. The summed E-state index contributed by atoms with van der Waals surface area (Å²) < 4.78 is 6.93. The highest BCUT2D eigenvalue weighted by Gasteiger charge is 2.09. The van der Waals surface area contributed by atoms with Crippen molar-refractivity contribution < 1.29 is 14.3 Å². The number of nitrogens with two attached hydrogens (primary N) is 1. The fraction of sp³-hybridized carbons (Fsp3) is 0.105. The van der Waals surface area contributed by atoms with E-state index in [1.165, 1.54) is 13.3 Å². The maximum Gasteiger partial charge on any atom is 0.339 e. The highest BCUT2D eigenvalue weighted by atomic mass is 16.5. The molecule has 27 heavy (non-hydrogen) atoms. The normalized spacial score (nSPS) is 10.9. The number of ether oxygens (including phenoxy) is 1. The predicted molar refractivity (Wildman–Crippen MR) is 104 cm³/mol. The van der Waals surface area contributed by atoms with Crippen LogP contribution in [0.3, 0.4) is 0 Å². The van der Waals surface area contributed by atoms with E-state index in [-0.39, 0.29) is 6.54 Å². The van der Waals surface area contributed by atoms with Gasteiger partial charge in [0.15, 0.2) is 0 Å². The van der Waals surface area contributed by atoms with Crippen molar-refractivity contribution in [2.24, 2.45) is 10.8 Å². The van der Waals surface area contributed by atoms with E-state index in [2.05, 4.69) is 15.8 Å². The second-order valence-electron chi connectivity index (χ2n) is 5.72. The van der Waals surface area contributed by atoms with Crippen LogP contribution in [0.4, 0.5) is 10.5 Å². The van der Waals surface area contributed by atoms with Gasteiger partial charge in [0, 0.05) is 22.7 Å². The first-order valence-corrected chi connectivity index (χ1v) is 8.17. The van der Waals surface area contributed by atoms with Crippen molar-refractivity contribution in [3.05, 3.63) is 60.3 Å². The van der Waals surface area contributed by atoms with Crippen molar-refractivity contribution in [2.75, 3.05) is 12.4 Å². The SMILES string of the molecule is COc1ccccc1NC(=O)NN=Cc1cn(CC(N)=O)c2ccccc12. The molecular formula is C19H19N5O3. The van der Waals surface area contributed by atoms with Gasteiger partial charge in [-0.1, -0.05) is 30.3 Å². The lowest BCUT2D eigenvalue weighted by molar-refractivity contribution is -0.118. The molecule has 0 atom stereocenters. The van der Waals surface area contributed by atoms with Crippen molar-refractivity contribution in [3.63, 3.8) is 0 Å². The summed E-state index contributed by atoms with van der Waals surface area (Å²) >= 11 is 0. The van der Waals surface area contributed by atoms with Crippen molar-refractivity contribution in [1.82, 2.24) is 9.99 Å². The number of aromatic nitrogens is 1. The molecule has 0 fully saturated rings. The maximum atomic E-state index is 12.0. The molecule has 0 saturated heterocycles. The first-order chi connectivity index (χ1) is 13.1. The Morgan fingerprint density at radius 2 is 1.93 bits per heavy atom. The number of para-hydroxylation sites is 3. The molecule has 0 aliphatic heterocycles. The van der Waals surface area contributed by atoms with Gasteiger partial charge in [0.1, 0.15) is 12.3 Å². The van der Waals surface area contributed by atoms with Crippen LogP contribution in [0.5, 0.6) is 5.75 Å². The lowest BCUT2D eigenvalue weighted by Gasteiger charge is -2.08. The lowest BCUT2D eigenvalue weighted by atomic mass is 10.2. The highest BCUT2D eigenvalue weighted by Crippen LogP contribution is 2.23. The Kier molecular flexibility index (Phi) is 5.36. The number of rotatable bonds is 6. The molecule has 0 unspecified atom stereocenters. The number of primary amides is 1. The van der Waals surface area contributed by atoms with Gasteiger partial charge >= 0.3 is 6.03 Å². The minimum Gasteiger partial charge on any atom is -0.495 e. The topological polar surface area (TPSA) is 111 Å². The van der Waals surface area contributed by atoms with Crippen molar-refractivity contribution in [1.29, 1.82) is 0 Å². The van der Waals surface area contributed by atoms with Gasteiger partial charge < -0.3 is 20.4 Å². The van der Waals surface area contributed by atoms with Gasteiger partial charge in [-0.3, -0.25) is 4.79 Å². The molecule has 0 aliphatic carbocycles. The number of carbonyl (C=O) groups excluding carboxylic acids is 2. The van der Waals surface area contributed by atoms with E-state index in [0.717, 1.165) is 16.5 Å². The third-order valence-electron chi connectivity index (χ3n) is 3.87. The van der Waals surface area contributed by atoms with Crippen molar-refractivity contribution in [2.45, 2.75) is 6.54 Å². The third kappa shape index (κ3) is 4.24. The second-order valence-corrected chi connectivity index (χ2v) is 5.72. The van der Waals surface area contributed by atoms with Crippen LogP contribution in [-0.4, -0.2) is 29.8 Å². The molecule has 4 N–H and O–H groups in total. The number of fused-ring (bicyclic) bond motifs is 1. The standard InChI is InChI=1S/C19H19N5O3/c1-27-17-9-5-3-7-15(17)22-19(26)23-21-10-13-11-24(12-18(20)25)16-8-4-2-6-14(13)16/h2-11H,12H2,1H3,(H2,20,25)(H2,22,23,26). The first kappa shape index (κ1) is 18.0. The fourth-order valence-corrected chi connectivity index (χ4v) is 2.74. The van der Waals surface area contributed by atoms with E-state index >= 15 is 0 Å². The number of hydrogen-bond acceptors (Lipinski definition) is 4. The number of nitrogens with one attached hydrogen (secondary N) is 2. The number of anilines is 1. The summed E-state index contributed by atoms with van der Waals surface area (Å²) in [6.07, 6.45) is 3.28. The molecule has 3 rings (SSSR count). The second kappa shape index (κ2) is 8.05. The largest absolute Gasteiger partial charge is 0.495 e. The summed E-state index contributed by atoms with van der Waals surface area (Å²) in [5, 5.41) is 7.54. The van der Waals surface area contributed by atoms with Crippen molar-refractivity contribution in [3.8, 4) is 5.75 Å². The Labute approximate surface area is 155 Å². The number of nitrogens with zero attached hydrogens (tertiary/aromatic N) is 2. The molecule has 0 radical (unpaired) electrons. The number of methoxy groups -OCH3 is 1. The summed E-state index contributed by atoms with van der Waals surface area (Å²) in [6, 6.07) is 14.1. The highest BCUT2D eigenvalue weighted by molar-refractivity contribution is 6.00. The quantitative estimate of drug-likeness (QED) is 0.460. The van der Waals surface area contributed by atoms with E-state index in [1.807, 2.05) is 30.3 Å². The molecule has 8 heteroatoms. The molecule has 8 nitrogen and oxygen atoms in total. The van der Waals surface area contributed by atoms with E-state index in [4.69, 9.17) is 10.5 Å². The van der Waals surface area contributed by atoms with E-state index in [9.17, 15) is 9.59 Å². The average molecular weight is 365 g/mol. The smallest absolute Gasteiger partial charge is 0.339 e. The molecule has 0 bridgehead atoms. The molecule has 1 heterocycles. The molecule has 0 aliphatic rings. The van der Waals surface area contributed by atoms with Gasteiger partial charge in [0.25, 0.3) is 0 Å². The van der Waals surface area contributed by atoms with Crippen LogP contribution in [0.25, 0.3) is 10.9 Å². The summed E-state index contributed by atoms with van der Waals surface area (Å²) in [5.74, 6) is 0.111. The van der Waals surface area contributed by atoms with Crippen LogP contribution in [0.15, 0.2) is 59.8 Å².